The van der Waals surface area contributed by atoms with E-state index in [1.54, 1.807) is 16.4 Å². The fourth-order valence-corrected chi connectivity index (χ4v) is 4.13. The lowest BCUT2D eigenvalue weighted by Crippen LogP contribution is -2.15. The molecule has 0 radical (unpaired) electrons. The van der Waals surface area contributed by atoms with Crippen molar-refractivity contribution in [2.24, 2.45) is 7.05 Å². The SMILES string of the molecule is Cc1nn(-c2ccccc2)c2c1[C@H](c1cnn(C)c1)SCC(=O)N2. The van der Waals surface area contributed by atoms with Crippen molar-refractivity contribution in [2.45, 2.75) is 12.2 Å². The number of nitrogens with one attached hydrogen (secondary N) is 1. The van der Waals surface area contributed by atoms with E-state index < -0.39 is 0 Å². The monoisotopic (exact) mass is 339 g/mol. The van der Waals surface area contributed by atoms with Gasteiger partial charge in [-0.15, -0.1) is 11.8 Å². The molecule has 4 rings (SSSR count). The van der Waals surface area contributed by atoms with Gasteiger partial charge < -0.3 is 5.32 Å². The highest BCUT2D eigenvalue weighted by molar-refractivity contribution is 8.00. The summed E-state index contributed by atoms with van der Waals surface area (Å²) >= 11 is 1.61. The zero-order chi connectivity index (χ0) is 16.7. The Bertz CT molecular complexity index is 899. The van der Waals surface area contributed by atoms with E-state index in [0.29, 0.717) is 5.75 Å². The molecule has 0 saturated carbocycles. The van der Waals surface area contributed by atoms with Gasteiger partial charge in [-0.25, -0.2) is 4.68 Å². The number of hydrogen-bond donors (Lipinski definition) is 1. The number of hydrogen-bond acceptors (Lipinski definition) is 4. The van der Waals surface area contributed by atoms with Crippen LogP contribution in [0.2, 0.25) is 0 Å². The van der Waals surface area contributed by atoms with Crippen LogP contribution in [0, 0.1) is 6.92 Å². The molecule has 1 N–H and O–H groups in total. The van der Waals surface area contributed by atoms with Crippen LogP contribution in [0.5, 0.6) is 0 Å². The van der Waals surface area contributed by atoms with Crippen LogP contribution in [0.4, 0.5) is 5.82 Å². The molecule has 1 aromatic carbocycles. The summed E-state index contributed by atoms with van der Waals surface area (Å²) in [4.78, 5) is 12.2. The van der Waals surface area contributed by atoms with Crippen molar-refractivity contribution in [1.82, 2.24) is 19.6 Å². The zero-order valence-corrected chi connectivity index (χ0v) is 14.2. The second kappa shape index (κ2) is 5.83. The third-order valence-corrected chi connectivity index (χ3v) is 5.31. The number of carbonyl (C=O) groups excluding carboxylic acids is 1. The second-order valence-electron chi connectivity index (χ2n) is 5.78. The molecule has 0 fully saturated rings. The largest absolute Gasteiger partial charge is 0.310 e. The Morgan fingerprint density at radius 1 is 1.29 bits per heavy atom. The normalized spacial score (nSPS) is 17.2. The number of anilines is 1. The predicted molar refractivity (Wildman–Crippen MR) is 94.4 cm³/mol. The molecule has 1 atom stereocenters. The Kier molecular flexibility index (Phi) is 3.65. The molecule has 7 heteroatoms. The topological polar surface area (TPSA) is 64.7 Å². The van der Waals surface area contributed by atoms with E-state index in [1.165, 1.54) is 0 Å². The molecule has 0 unspecified atom stereocenters. The number of fused-ring (bicyclic) bond motifs is 1. The van der Waals surface area contributed by atoms with Gasteiger partial charge in [0.2, 0.25) is 5.91 Å². The Labute approximate surface area is 143 Å². The fourth-order valence-electron chi connectivity index (χ4n) is 2.98. The molecule has 1 aliphatic rings. The highest BCUT2D eigenvalue weighted by atomic mass is 32.2. The molecule has 3 aromatic rings. The number of aromatic nitrogens is 4. The summed E-state index contributed by atoms with van der Waals surface area (Å²) < 4.78 is 3.60. The lowest BCUT2D eigenvalue weighted by Gasteiger charge is -2.13. The lowest BCUT2D eigenvalue weighted by atomic mass is 10.1. The van der Waals surface area contributed by atoms with Gasteiger partial charge in [-0.05, 0) is 19.1 Å². The van der Waals surface area contributed by atoms with Gasteiger partial charge in [-0.1, -0.05) is 18.2 Å². The molecule has 1 aliphatic heterocycles. The van der Waals surface area contributed by atoms with Crippen LogP contribution in [0.15, 0.2) is 42.7 Å². The molecular formula is C17H17N5OS. The molecular weight excluding hydrogens is 322 g/mol. The zero-order valence-electron chi connectivity index (χ0n) is 13.4. The molecule has 2 aromatic heterocycles. The highest BCUT2D eigenvalue weighted by Crippen LogP contribution is 2.43. The van der Waals surface area contributed by atoms with E-state index in [0.717, 1.165) is 28.3 Å². The minimum atomic E-state index is -0.00952. The first-order chi connectivity index (χ1) is 11.6. The minimum absolute atomic E-state index is 0.00952. The summed E-state index contributed by atoms with van der Waals surface area (Å²) in [7, 11) is 1.90. The van der Waals surface area contributed by atoms with E-state index in [-0.39, 0.29) is 11.2 Å². The van der Waals surface area contributed by atoms with Crippen molar-refractivity contribution in [3.8, 4) is 5.69 Å². The van der Waals surface area contributed by atoms with Crippen LogP contribution in [0.1, 0.15) is 22.1 Å². The van der Waals surface area contributed by atoms with Gasteiger partial charge in [-0.2, -0.15) is 10.2 Å². The van der Waals surface area contributed by atoms with Crippen molar-refractivity contribution < 1.29 is 4.79 Å². The maximum Gasteiger partial charge on any atom is 0.235 e. The van der Waals surface area contributed by atoms with Crippen molar-refractivity contribution in [2.75, 3.05) is 11.1 Å². The van der Waals surface area contributed by atoms with E-state index >= 15 is 0 Å². The number of para-hydroxylation sites is 1. The first kappa shape index (κ1) is 15.0. The minimum Gasteiger partial charge on any atom is -0.310 e. The summed E-state index contributed by atoms with van der Waals surface area (Å²) in [5.74, 6) is 1.15. The van der Waals surface area contributed by atoms with Gasteiger partial charge >= 0.3 is 0 Å². The van der Waals surface area contributed by atoms with E-state index in [9.17, 15) is 4.79 Å². The van der Waals surface area contributed by atoms with Crippen LogP contribution < -0.4 is 5.32 Å². The maximum atomic E-state index is 12.2. The van der Waals surface area contributed by atoms with Gasteiger partial charge in [0.1, 0.15) is 5.82 Å². The first-order valence-electron chi connectivity index (χ1n) is 7.68. The quantitative estimate of drug-likeness (QED) is 0.780. The standard InChI is InChI=1S/C17H17N5OS/c1-11-15-16(12-8-18-21(2)9-12)24-10-14(23)19-17(15)22(20-11)13-6-4-3-5-7-13/h3-9,16H,10H2,1-2H3,(H,19,23)/t16-/m0/s1. The number of aryl methyl sites for hydroxylation is 2. The number of amides is 1. The molecule has 122 valence electrons. The van der Waals surface area contributed by atoms with Crippen molar-refractivity contribution in [3.63, 3.8) is 0 Å². The predicted octanol–water partition coefficient (Wildman–Crippen LogP) is 2.69. The van der Waals surface area contributed by atoms with Gasteiger partial charge in [0.05, 0.1) is 28.6 Å². The average molecular weight is 339 g/mol. The van der Waals surface area contributed by atoms with E-state index in [2.05, 4.69) is 15.5 Å². The molecule has 24 heavy (non-hydrogen) atoms. The van der Waals surface area contributed by atoms with Crippen LogP contribution in [-0.4, -0.2) is 31.2 Å². The van der Waals surface area contributed by atoms with Crippen molar-refractivity contribution in [3.05, 3.63) is 59.5 Å². The van der Waals surface area contributed by atoms with Crippen molar-refractivity contribution >= 4 is 23.5 Å². The molecule has 0 bridgehead atoms. The molecule has 0 spiro atoms. The molecule has 0 aliphatic carbocycles. The fraction of sp³-hybridized carbons (Fsp3) is 0.235. The highest BCUT2D eigenvalue weighted by Gasteiger charge is 2.31. The summed E-state index contributed by atoms with van der Waals surface area (Å²) in [6, 6.07) is 9.85. The molecule has 6 nitrogen and oxygen atoms in total. The Hall–Kier alpha value is -2.54. The molecule has 1 amide bonds. The Balaban J connectivity index is 1.90. The van der Waals surface area contributed by atoms with Crippen LogP contribution in [0.3, 0.4) is 0 Å². The molecule has 3 heterocycles. The molecule has 0 saturated heterocycles. The number of benzene rings is 1. The summed E-state index contributed by atoms with van der Waals surface area (Å²) in [6.45, 7) is 1.99. The first-order valence-corrected chi connectivity index (χ1v) is 8.73. The van der Waals surface area contributed by atoms with Crippen LogP contribution in [0.25, 0.3) is 5.69 Å². The van der Waals surface area contributed by atoms with Gasteiger partial charge in [0.25, 0.3) is 0 Å². The third-order valence-electron chi connectivity index (χ3n) is 4.04. The van der Waals surface area contributed by atoms with Crippen LogP contribution in [-0.2, 0) is 11.8 Å². The number of thioether (sulfide) groups is 1. The summed E-state index contributed by atoms with van der Waals surface area (Å²) in [6.07, 6.45) is 3.85. The van der Waals surface area contributed by atoms with Crippen molar-refractivity contribution in [1.29, 1.82) is 0 Å². The Morgan fingerprint density at radius 3 is 2.79 bits per heavy atom. The third kappa shape index (κ3) is 2.50. The van der Waals surface area contributed by atoms with E-state index in [4.69, 9.17) is 0 Å². The number of nitrogens with zero attached hydrogens (tertiary/aromatic N) is 4. The number of rotatable bonds is 2. The number of carbonyl (C=O) groups is 1. The average Bonchev–Trinajstić information content (AvgIpc) is 3.08. The van der Waals surface area contributed by atoms with Crippen LogP contribution >= 0.6 is 11.8 Å². The van der Waals surface area contributed by atoms with Gasteiger partial charge in [0.15, 0.2) is 0 Å². The second-order valence-corrected chi connectivity index (χ2v) is 6.88. The van der Waals surface area contributed by atoms with E-state index in [1.807, 2.05) is 61.4 Å². The summed E-state index contributed by atoms with van der Waals surface area (Å²) in [5, 5.41) is 12.0. The lowest BCUT2D eigenvalue weighted by molar-refractivity contribution is -0.113. The maximum absolute atomic E-state index is 12.2. The van der Waals surface area contributed by atoms with Gasteiger partial charge in [0, 0.05) is 24.4 Å². The smallest absolute Gasteiger partial charge is 0.235 e. The van der Waals surface area contributed by atoms with Gasteiger partial charge in [-0.3, -0.25) is 9.48 Å². The summed E-state index contributed by atoms with van der Waals surface area (Å²) in [5.41, 5.74) is 3.97. The Morgan fingerprint density at radius 2 is 2.08 bits per heavy atom.